The van der Waals surface area contributed by atoms with Crippen molar-refractivity contribution < 1.29 is 46.6 Å². The lowest BCUT2D eigenvalue weighted by atomic mass is 9.93. The number of ether oxygens (including phenoxy) is 3. The van der Waals surface area contributed by atoms with Crippen molar-refractivity contribution >= 4 is 73.0 Å². The van der Waals surface area contributed by atoms with E-state index in [0.717, 1.165) is 90.6 Å². The minimum atomic E-state index is -4.81. The molecule has 418 valence electrons. The number of fused-ring (bicyclic) bond motifs is 3. The molecule has 1 saturated carbocycles. The number of alkyl halides is 3. The first kappa shape index (κ1) is 54.5. The van der Waals surface area contributed by atoms with Crippen molar-refractivity contribution in [1.29, 1.82) is 0 Å². The van der Waals surface area contributed by atoms with Gasteiger partial charge in [0.15, 0.2) is 16.5 Å². The number of carbonyl (C=O) groups excluding carboxylic acids is 4. The summed E-state index contributed by atoms with van der Waals surface area (Å²) in [5.41, 5.74) is 1.89. The van der Waals surface area contributed by atoms with E-state index in [0.29, 0.717) is 66.7 Å². The van der Waals surface area contributed by atoms with Crippen molar-refractivity contribution in [2.45, 2.75) is 109 Å². The predicted molar refractivity (Wildman–Crippen MR) is 298 cm³/mol. The molecule has 2 saturated heterocycles. The Labute approximate surface area is 464 Å². The fourth-order valence-electron chi connectivity index (χ4n) is 11.3. The molecule has 2 N–H and O–H groups in total. The average Bonchev–Trinajstić information content (AvgIpc) is 4.00. The van der Waals surface area contributed by atoms with Crippen LogP contribution >= 0.6 is 11.3 Å². The van der Waals surface area contributed by atoms with Gasteiger partial charge in [-0.25, -0.2) is 19.7 Å². The summed E-state index contributed by atoms with van der Waals surface area (Å²) in [6, 6.07) is 24.1. The third-order valence-corrected chi connectivity index (χ3v) is 16.2. The number of piperazine rings is 1. The van der Waals surface area contributed by atoms with Gasteiger partial charge in [0.25, 0.3) is 5.91 Å². The molecule has 1 atom stereocenters. The Balaban J connectivity index is 0.690. The van der Waals surface area contributed by atoms with E-state index in [1.54, 1.807) is 37.6 Å². The molecule has 4 aliphatic rings. The molecule has 0 bridgehead atoms. The van der Waals surface area contributed by atoms with Crippen LogP contribution in [0.4, 0.5) is 29.9 Å². The number of pyridine rings is 2. The number of para-hydroxylation sites is 1. The molecule has 21 heteroatoms. The Morgan fingerprint density at radius 1 is 0.800 bits per heavy atom. The van der Waals surface area contributed by atoms with E-state index in [9.17, 15) is 19.2 Å². The van der Waals surface area contributed by atoms with Crippen molar-refractivity contribution in [1.82, 2.24) is 34.9 Å². The molecule has 3 aromatic carbocycles. The fourth-order valence-corrected chi connectivity index (χ4v) is 12.1. The number of aryl methyl sites for hydroxylation is 1. The zero-order valence-electron chi connectivity index (χ0n) is 45.1. The van der Waals surface area contributed by atoms with E-state index in [-0.39, 0.29) is 65.5 Å². The molecular weight excluding hydrogens is 1050 g/mol. The number of halogens is 3. The number of anilines is 3. The number of nitrogens with one attached hydrogen (secondary N) is 2. The van der Waals surface area contributed by atoms with Crippen LogP contribution < -0.4 is 25.2 Å². The quantitative estimate of drug-likeness (QED) is 0.0595. The summed E-state index contributed by atoms with van der Waals surface area (Å²) >= 11 is 1.38. The molecule has 80 heavy (non-hydrogen) atoms. The van der Waals surface area contributed by atoms with Crippen LogP contribution in [0.3, 0.4) is 0 Å². The molecule has 7 aromatic rings. The third kappa shape index (κ3) is 12.0. The average molecular weight is 1110 g/mol. The maximum Gasteiger partial charge on any atom is 0.417 e. The predicted octanol–water partition coefficient (Wildman–Crippen LogP) is 9.87. The van der Waals surface area contributed by atoms with Crippen molar-refractivity contribution in [3.05, 3.63) is 119 Å². The molecule has 11 rings (SSSR count). The lowest BCUT2D eigenvalue weighted by Crippen LogP contribution is -2.47. The maximum atomic E-state index is 15.2. The van der Waals surface area contributed by atoms with E-state index in [1.807, 2.05) is 60.5 Å². The van der Waals surface area contributed by atoms with E-state index >= 15 is 13.2 Å². The zero-order valence-corrected chi connectivity index (χ0v) is 45.9. The third-order valence-electron chi connectivity index (χ3n) is 15.3. The van der Waals surface area contributed by atoms with Gasteiger partial charge in [-0.3, -0.25) is 34.6 Å². The summed E-state index contributed by atoms with van der Waals surface area (Å²) in [6.07, 6.45) is -0.272. The molecule has 7 heterocycles. The molecule has 0 radical (unpaired) electrons. The van der Waals surface area contributed by atoms with Gasteiger partial charge in [-0.05, 0) is 137 Å². The van der Waals surface area contributed by atoms with Gasteiger partial charge in [-0.15, -0.1) is 0 Å². The number of rotatable bonds is 14. The van der Waals surface area contributed by atoms with Crippen LogP contribution in [0.5, 0.6) is 5.75 Å². The number of aromatic nitrogens is 5. The SMILES string of the molecule is Cn1nc(C2CCC(=O)NC2=O)c2ccc(N3CCN(CCCOC4CCC(Oc5ccc(-c6ccc(N7CCc8cccc(C(=O)Nc9nc%10ccccc%10s9)c8C7)nc6C(=O)OC(C)(C)C)c(C(F)(F)F)c5)CC4)CC3)nc21. The molecule has 17 nitrogen and oxygen atoms in total. The summed E-state index contributed by atoms with van der Waals surface area (Å²) in [5, 5.41) is 11.3. The van der Waals surface area contributed by atoms with Crippen LogP contribution in [0.2, 0.25) is 0 Å². The first-order valence-electron chi connectivity index (χ1n) is 27.3. The van der Waals surface area contributed by atoms with Gasteiger partial charge in [-0.2, -0.15) is 18.3 Å². The monoisotopic (exact) mass is 1110 g/mol. The van der Waals surface area contributed by atoms with Gasteiger partial charge in [-0.1, -0.05) is 41.7 Å². The highest BCUT2D eigenvalue weighted by Crippen LogP contribution is 2.42. The molecule has 3 amide bonds. The Morgan fingerprint density at radius 2 is 1.55 bits per heavy atom. The second-order valence-electron chi connectivity index (χ2n) is 22.0. The molecule has 3 aliphatic heterocycles. The number of piperidine rings is 1. The summed E-state index contributed by atoms with van der Waals surface area (Å²) < 4.78 is 66.4. The van der Waals surface area contributed by atoms with Crippen LogP contribution in [0.25, 0.3) is 32.4 Å². The highest BCUT2D eigenvalue weighted by Gasteiger charge is 2.38. The summed E-state index contributed by atoms with van der Waals surface area (Å²) in [5.74, 6) is -0.962. The van der Waals surface area contributed by atoms with Gasteiger partial charge < -0.3 is 24.0 Å². The lowest BCUT2D eigenvalue weighted by Gasteiger charge is -2.35. The second kappa shape index (κ2) is 22.6. The van der Waals surface area contributed by atoms with Gasteiger partial charge in [0.2, 0.25) is 11.8 Å². The minimum Gasteiger partial charge on any atom is -0.490 e. The van der Waals surface area contributed by atoms with E-state index in [4.69, 9.17) is 24.2 Å². The Kier molecular flexibility index (Phi) is 15.4. The molecule has 1 unspecified atom stereocenters. The number of amides is 3. The van der Waals surface area contributed by atoms with E-state index in [1.165, 1.54) is 29.5 Å². The number of esters is 1. The largest absolute Gasteiger partial charge is 0.490 e. The number of benzene rings is 3. The number of imide groups is 1. The normalized spacial score (nSPS) is 19.3. The second-order valence-corrected chi connectivity index (χ2v) is 23.0. The number of carbonyl (C=O) groups is 4. The summed E-state index contributed by atoms with van der Waals surface area (Å²) in [6.45, 7) is 10.6. The smallest absolute Gasteiger partial charge is 0.417 e. The molecule has 4 aromatic heterocycles. The Morgan fingerprint density at radius 3 is 2.31 bits per heavy atom. The highest BCUT2D eigenvalue weighted by molar-refractivity contribution is 7.22. The highest BCUT2D eigenvalue weighted by atomic mass is 32.1. The van der Waals surface area contributed by atoms with Gasteiger partial charge in [0.05, 0.1) is 39.6 Å². The lowest BCUT2D eigenvalue weighted by molar-refractivity contribution is -0.137. The van der Waals surface area contributed by atoms with Crippen LogP contribution in [-0.4, -0.2) is 117 Å². The van der Waals surface area contributed by atoms with Crippen LogP contribution in [0.15, 0.2) is 84.9 Å². The van der Waals surface area contributed by atoms with Crippen molar-refractivity contribution in [2.24, 2.45) is 7.05 Å². The van der Waals surface area contributed by atoms with Gasteiger partial charge in [0, 0.05) is 82.4 Å². The zero-order chi connectivity index (χ0) is 55.9. The van der Waals surface area contributed by atoms with Crippen molar-refractivity contribution in [3.8, 4) is 16.9 Å². The topological polar surface area (TPSA) is 186 Å². The van der Waals surface area contributed by atoms with E-state index in [2.05, 4.69) is 30.5 Å². The van der Waals surface area contributed by atoms with Crippen LogP contribution in [0.1, 0.15) is 115 Å². The minimum absolute atomic E-state index is 0.0292. The van der Waals surface area contributed by atoms with Crippen LogP contribution in [0, 0.1) is 0 Å². The first-order chi connectivity index (χ1) is 38.4. The summed E-state index contributed by atoms with van der Waals surface area (Å²) in [4.78, 5) is 72.9. The van der Waals surface area contributed by atoms with Crippen molar-refractivity contribution in [2.75, 3.05) is 61.0 Å². The Hall–Kier alpha value is -7.49. The number of thiazole rings is 1. The first-order valence-corrected chi connectivity index (χ1v) is 28.1. The number of hydrogen-bond donors (Lipinski definition) is 2. The fraction of sp³-hybridized carbons (Fsp3) is 0.424. The van der Waals surface area contributed by atoms with Gasteiger partial charge in [0.1, 0.15) is 23.0 Å². The standard InChI is InChI=1S/C59H63F3N10O7S/c1-58(2,3)79-56(76)52-40(19-22-48(64-52)72-27-25-35-9-7-10-41(44(35)34-72)54(74)67-57-63-46-11-5-6-12-47(46)80-57)39-18-17-38(33-45(39)59(60,61)62)78-37-15-13-36(14-16-37)77-32-8-26-70-28-30-71(31-29-70)49-23-20-42-51(68-69(4)53(42)65-49)43-21-24-50(73)66-55(43)75/h5-7,9-12,17-20,22-23,33,36-37,43H,8,13-16,21,24-32,34H2,1-4H3,(H,63,67,74)(H,66,73,75). The summed E-state index contributed by atoms with van der Waals surface area (Å²) in [7, 11) is 1.82. The van der Waals surface area contributed by atoms with Crippen LogP contribution in [-0.2, 0) is 45.3 Å². The molecular formula is C59H63F3N10O7S. The molecule has 1 aliphatic carbocycles. The molecule has 3 fully saturated rings. The Bertz CT molecular complexity index is 3460. The van der Waals surface area contributed by atoms with E-state index < -0.39 is 29.2 Å². The number of nitrogens with zero attached hydrogens (tertiary/aromatic N) is 8. The van der Waals surface area contributed by atoms with Crippen molar-refractivity contribution in [3.63, 3.8) is 0 Å². The molecule has 0 spiro atoms. The van der Waals surface area contributed by atoms with Gasteiger partial charge >= 0.3 is 12.1 Å². The number of hydrogen-bond acceptors (Lipinski definition) is 15. The maximum absolute atomic E-state index is 15.2.